The number of imidazole rings is 1. The smallest absolute Gasteiger partial charge is 0.231 e. The number of β-amino-alcohol motifs (C(OH)–C–C–N with tert-alkyl or cyclic N) is 1. The fourth-order valence-electron chi connectivity index (χ4n) is 3.81. The molecule has 1 aromatic heterocycles. The Labute approximate surface area is 148 Å². The molecule has 25 heavy (non-hydrogen) atoms. The minimum absolute atomic E-state index is 0.140. The van der Waals surface area contributed by atoms with Crippen LogP contribution in [0.15, 0.2) is 30.6 Å². The second-order valence-electron chi connectivity index (χ2n) is 6.85. The number of aromatic nitrogens is 2. The van der Waals surface area contributed by atoms with Crippen molar-refractivity contribution in [2.45, 2.75) is 44.9 Å². The summed E-state index contributed by atoms with van der Waals surface area (Å²) in [5.74, 6) is 2.80. The first-order valence-electron chi connectivity index (χ1n) is 9.04. The lowest BCUT2D eigenvalue weighted by molar-refractivity contribution is 0.0459. The van der Waals surface area contributed by atoms with Gasteiger partial charge in [0, 0.05) is 31.4 Å². The van der Waals surface area contributed by atoms with E-state index < -0.39 is 0 Å². The molecule has 2 aliphatic heterocycles. The molecule has 0 spiro atoms. The van der Waals surface area contributed by atoms with Crippen LogP contribution < -0.4 is 9.47 Å². The van der Waals surface area contributed by atoms with Gasteiger partial charge < -0.3 is 19.1 Å². The number of nitrogens with zero attached hydrogens (tertiary/aromatic N) is 3. The van der Waals surface area contributed by atoms with Gasteiger partial charge in [-0.15, -0.1) is 0 Å². The van der Waals surface area contributed by atoms with Crippen molar-refractivity contribution < 1.29 is 14.6 Å². The van der Waals surface area contributed by atoms with Crippen LogP contribution in [0.2, 0.25) is 0 Å². The SMILES string of the molecule is CCCn1ccnc1CN1CC[C@@H](c2ccc3c(c2)OCO3)[C@H](O)C1. The van der Waals surface area contributed by atoms with Crippen LogP contribution in [-0.4, -0.2) is 45.5 Å². The van der Waals surface area contributed by atoms with Crippen molar-refractivity contribution in [2.24, 2.45) is 0 Å². The van der Waals surface area contributed by atoms with E-state index in [9.17, 15) is 5.11 Å². The van der Waals surface area contributed by atoms with Crippen molar-refractivity contribution in [2.75, 3.05) is 19.9 Å². The van der Waals surface area contributed by atoms with Crippen LogP contribution in [0.1, 0.15) is 37.1 Å². The Kier molecular flexibility index (Phi) is 4.63. The van der Waals surface area contributed by atoms with Crippen molar-refractivity contribution in [3.05, 3.63) is 42.0 Å². The minimum Gasteiger partial charge on any atom is -0.454 e. The maximum Gasteiger partial charge on any atom is 0.231 e. The van der Waals surface area contributed by atoms with Gasteiger partial charge in [-0.1, -0.05) is 13.0 Å². The van der Waals surface area contributed by atoms with Gasteiger partial charge in [-0.3, -0.25) is 4.90 Å². The third kappa shape index (κ3) is 3.37. The van der Waals surface area contributed by atoms with Crippen LogP contribution >= 0.6 is 0 Å². The normalized spacial score (nSPS) is 23.1. The molecule has 2 aliphatic rings. The van der Waals surface area contributed by atoms with Gasteiger partial charge in [0.05, 0.1) is 12.6 Å². The molecule has 6 heteroatoms. The third-order valence-electron chi connectivity index (χ3n) is 5.12. The van der Waals surface area contributed by atoms with Gasteiger partial charge in [-0.25, -0.2) is 4.98 Å². The van der Waals surface area contributed by atoms with Gasteiger partial charge in [0.15, 0.2) is 11.5 Å². The number of hydrogen-bond acceptors (Lipinski definition) is 5. The predicted octanol–water partition coefficient (Wildman–Crippen LogP) is 2.37. The predicted molar refractivity (Wildman–Crippen MR) is 93.7 cm³/mol. The van der Waals surface area contributed by atoms with Gasteiger partial charge in [-0.05, 0) is 37.1 Å². The first kappa shape index (κ1) is 16.4. The summed E-state index contributed by atoms with van der Waals surface area (Å²) in [5, 5.41) is 10.7. The van der Waals surface area contributed by atoms with Crippen LogP contribution in [0.3, 0.4) is 0 Å². The molecule has 0 unspecified atom stereocenters. The van der Waals surface area contributed by atoms with E-state index in [1.165, 1.54) is 0 Å². The summed E-state index contributed by atoms with van der Waals surface area (Å²) in [6.45, 7) is 5.85. The Morgan fingerprint density at radius 1 is 1.28 bits per heavy atom. The van der Waals surface area contributed by atoms with E-state index in [1.54, 1.807) is 0 Å². The van der Waals surface area contributed by atoms with Crippen LogP contribution in [0.4, 0.5) is 0 Å². The molecule has 0 saturated carbocycles. The lowest BCUT2D eigenvalue weighted by Crippen LogP contribution is -2.42. The highest BCUT2D eigenvalue weighted by molar-refractivity contribution is 5.45. The summed E-state index contributed by atoms with van der Waals surface area (Å²) in [6.07, 6.45) is 5.53. The lowest BCUT2D eigenvalue weighted by Gasteiger charge is -2.36. The van der Waals surface area contributed by atoms with Crippen LogP contribution in [0.25, 0.3) is 0 Å². The number of aryl methyl sites for hydroxylation is 1. The molecule has 1 fully saturated rings. The van der Waals surface area contributed by atoms with Gasteiger partial charge >= 0.3 is 0 Å². The Hall–Kier alpha value is -2.05. The van der Waals surface area contributed by atoms with Gasteiger partial charge in [-0.2, -0.15) is 0 Å². The largest absolute Gasteiger partial charge is 0.454 e. The van der Waals surface area contributed by atoms with Crippen molar-refractivity contribution in [1.82, 2.24) is 14.5 Å². The average Bonchev–Trinajstić information content (AvgIpc) is 3.24. The molecule has 134 valence electrons. The van der Waals surface area contributed by atoms with E-state index in [-0.39, 0.29) is 18.8 Å². The maximum atomic E-state index is 10.7. The fraction of sp³-hybridized carbons (Fsp3) is 0.526. The van der Waals surface area contributed by atoms with E-state index in [0.717, 1.165) is 55.4 Å². The second-order valence-corrected chi connectivity index (χ2v) is 6.85. The molecular formula is C19H25N3O3. The summed E-state index contributed by atoms with van der Waals surface area (Å²) in [5.41, 5.74) is 1.13. The number of hydrogen-bond donors (Lipinski definition) is 1. The van der Waals surface area contributed by atoms with Crippen LogP contribution in [0.5, 0.6) is 11.5 Å². The van der Waals surface area contributed by atoms with Gasteiger partial charge in [0.2, 0.25) is 6.79 Å². The summed E-state index contributed by atoms with van der Waals surface area (Å²) in [7, 11) is 0. The van der Waals surface area contributed by atoms with E-state index >= 15 is 0 Å². The molecule has 1 saturated heterocycles. The molecule has 4 rings (SSSR count). The molecule has 1 N–H and O–H groups in total. The number of aliphatic hydroxyl groups is 1. The Morgan fingerprint density at radius 3 is 3.00 bits per heavy atom. The summed E-state index contributed by atoms with van der Waals surface area (Å²) in [4.78, 5) is 6.77. The number of piperidine rings is 1. The maximum absolute atomic E-state index is 10.7. The molecule has 2 aromatic rings. The third-order valence-corrected chi connectivity index (χ3v) is 5.12. The van der Waals surface area contributed by atoms with Gasteiger partial charge in [0.25, 0.3) is 0 Å². The second kappa shape index (κ2) is 7.06. The fourth-order valence-corrected chi connectivity index (χ4v) is 3.81. The van der Waals surface area contributed by atoms with Crippen molar-refractivity contribution >= 4 is 0 Å². The molecule has 2 atom stereocenters. The zero-order valence-corrected chi connectivity index (χ0v) is 14.6. The van der Waals surface area contributed by atoms with Crippen molar-refractivity contribution in [3.63, 3.8) is 0 Å². The molecule has 1 aromatic carbocycles. The minimum atomic E-state index is -0.385. The highest BCUT2D eigenvalue weighted by atomic mass is 16.7. The monoisotopic (exact) mass is 343 g/mol. The lowest BCUT2D eigenvalue weighted by atomic mass is 9.87. The van der Waals surface area contributed by atoms with E-state index in [1.807, 2.05) is 30.6 Å². The molecular weight excluding hydrogens is 318 g/mol. The summed E-state index contributed by atoms with van der Waals surface area (Å²) < 4.78 is 13.0. The number of likely N-dealkylation sites (tertiary alicyclic amines) is 1. The molecule has 0 bridgehead atoms. The molecule has 0 radical (unpaired) electrons. The van der Waals surface area contributed by atoms with Gasteiger partial charge in [0.1, 0.15) is 5.82 Å². The number of rotatable bonds is 5. The van der Waals surface area contributed by atoms with E-state index in [2.05, 4.69) is 21.4 Å². The highest BCUT2D eigenvalue weighted by Crippen LogP contribution is 2.37. The Morgan fingerprint density at radius 2 is 2.16 bits per heavy atom. The zero-order valence-electron chi connectivity index (χ0n) is 14.6. The molecule has 3 heterocycles. The molecule has 0 aliphatic carbocycles. The molecule has 6 nitrogen and oxygen atoms in total. The summed E-state index contributed by atoms with van der Waals surface area (Å²) in [6, 6.07) is 6.00. The summed E-state index contributed by atoms with van der Waals surface area (Å²) >= 11 is 0. The standard InChI is InChI=1S/C19H25N3O3/c1-2-7-22-9-6-20-19(22)12-21-8-5-15(16(23)11-21)14-3-4-17-18(10-14)25-13-24-17/h3-4,6,9-10,15-16,23H,2,5,7-8,11-13H2,1H3/t15-,16+/m0/s1. The van der Waals surface area contributed by atoms with E-state index in [4.69, 9.17) is 9.47 Å². The quantitative estimate of drug-likeness (QED) is 0.903. The van der Waals surface area contributed by atoms with Crippen molar-refractivity contribution in [3.8, 4) is 11.5 Å². The Balaban J connectivity index is 1.41. The number of ether oxygens (including phenoxy) is 2. The first-order chi connectivity index (χ1) is 12.2. The highest BCUT2D eigenvalue weighted by Gasteiger charge is 2.30. The topological polar surface area (TPSA) is 59.8 Å². The number of benzene rings is 1. The van der Waals surface area contributed by atoms with E-state index in [0.29, 0.717) is 6.54 Å². The number of aliphatic hydroxyl groups excluding tert-OH is 1. The van der Waals surface area contributed by atoms with Crippen molar-refractivity contribution in [1.29, 1.82) is 0 Å². The first-order valence-corrected chi connectivity index (χ1v) is 9.04. The molecule has 0 amide bonds. The zero-order chi connectivity index (χ0) is 17.2. The van der Waals surface area contributed by atoms with Crippen LogP contribution in [-0.2, 0) is 13.1 Å². The average molecular weight is 343 g/mol. The Bertz CT molecular complexity index is 730. The number of fused-ring (bicyclic) bond motifs is 1. The van der Waals surface area contributed by atoms with Crippen LogP contribution in [0, 0.1) is 0 Å².